The molecule has 0 amide bonds. The van der Waals surface area contributed by atoms with E-state index in [0.717, 1.165) is 84.3 Å². The van der Waals surface area contributed by atoms with Crippen LogP contribution in [0.2, 0.25) is 0 Å². The molecule has 2 atom stereocenters. The molecule has 0 aliphatic heterocycles. The van der Waals surface area contributed by atoms with Crippen molar-refractivity contribution in [1.82, 2.24) is 0 Å². The van der Waals surface area contributed by atoms with Gasteiger partial charge in [-0.25, -0.2) is 10.0 Å². The minimum Gasteiger partial charge on any atom is -0.489 e. The molecule has 2 unspecified atom stereocenters. The fraction of sp³-hybridized carbons (Fsp3) is 0.321. The van der Waals surface area contributed by atoms with Crippen molar-refractivity contribution in [3.8, 4) is 11.5 Å². The molecule has 68 heavy (non-hydrogen) atoms. The third kappa shape index (κ3) is 15.4. The van der Waals surface area contributed by atoms with Gasteiger partial charge in [0.15, 0.2) is 0 Å². The van der Waals surface area contributed by atoms with E-state index in [2.05, 4.69) is 37.5 Å². The van der Waals surface area contributed by atoms with Gasteiger partial charge in [0.2, 0.25) is 0 Å². The van der Waals surface area contributed by atoms with Crippen LogP contribution in [-0.2, 0) is 9.47 Å². The smallest absolute Gasteiger partial charge is 0.143 e. The number of rotatable bonds is 29. The summed E-state index contributed by atoms with van der Waals surface area (Å²) in [4.78, 5) is 4.44. The van der Waals surface area contributed by atoms with Crippen LogP contribution in [0.15, 0.2) is 168 Å². The zero-order valence-corrected chi connectivity index (χ0v) is 40.0. The second-order valence-corrected chi connectivity index (χ2v) is 16.0. The van der Waals surface area contributed by atoms with Crippen molar-refractivity contribution >= 4 is 46.6 Å². The molecule has 0 spiro atoms. The van der Waals surface area contributed by atoms with E-state index in [9.17, 15) is 10.2 Å². The molecule has 0 aromatic heterocycles. The lowest BCUT2D eigenvalue weighted by atomic mass is 10.2. The fourth-order valence-corrected chi connectivity index (χ4v) is 7.51. The van der Waals surface area contributed by atoms with Gasteiger partial charge in [0, 0.05) is 39.4 Å². The van der Waals surface area contributed by atoms with E-state index in [1.54, 1.807) is 0 Å². The molecule has 0 saturated heterocycles. The van der Waals surface area contributed by atoms with Gasteiger partial charge in [-0.05, 0) is 124 Å². The van der Waals surface area contributed by atoms with Crippen LogP contribution in [0.3, 0.4) is 0 Å². The minimum absolute atomic E-state index is 0.0769. The Kier molecular flexibility index (Phi) is 20.7. The van der Waals surface area contributed by atoms with Crippen molar-refractivity contribution < 1.29 is 29.2 Å². The van der Waals surface area contributed by atoms with E-state index in [1.807, 2.05) is 180 Å². The monoisotopic (exact) mass is 921 g/mol. The van der Waals surface area contributed by atoms with Crippen LogP contribution in [0.25, 0.3) is 0 Å². The molecule has 6 aromatic rings. The Morgan fingerprint density at radius 1 is 0.441 bits per heavy atom. The first kappa shape index (κ1) is 50.7. The van der Waals surface area contributed by atoms with Crippen LogP contribution >= 0.6 is 0 Å². The quantitative estimate of drug-likeness (QED) is 0.0268. The summed E-state index contributed by atoms with van der Waals surface area (Å²) >= 11 is 0. The van der Waals surface area contributed by atoms with Gasteiger partial charge >= 0.3 is 0 Å². The lowest BCUT2D eigenvalue weighted by Crippen LogP contribution is -2.26. The van der Waals surface area contributed by atoms with Crippen molar-refractivity contribution in [1.29, 1.82) is 0 Å². The highest BCUT2D eigenvalue weighted by Crippen LogP contribution is 2.32. The number of hydrogen-bond donors (Lipinski definition) is 2. The molecule has 0 saturated carbocycles. The Balaban J connectivity index is 0.938. The standard InChI is InChI=1S/C56H68N6O6/c1-5-59(6-2)53-33-31-45(39-57-61(47-23-13-9-14-24-47)48-25-15-10-16-26-48)37-55(53)67-43-51(63)41-65-35-21-22-36-66-42-52(64)44-68-56-38-46(32-34-54(56)60(7-3)8-4)40-58-62(49-27-17-11-18-28-49)50-29-19-12-20-30-50/h9-20,23-34,37-40,51-52,63-64H,5-8,21-22,35-36,41-44H2,1-4H3/b57-39+,58-40+. The highest BCUT2D eigenvalue weighted by atomic mass is 16.5. The summed E-state index contributed by atoms with van der Waals surface area (Å²) in [5.41, 5.74) is 7.43. The van der Waals surface area contributed by atoms with E-state index < -0.39 is 12.2 Å². The molecule has 0 radical (unpaired) electrons. The minimum atomic E-state index is -0.816. The summed E-state index contributed by atoms with van der Waals surface area (Å²) in [7, 11) is 0. The Morgan fingerprint density at radius 3 is 1.07 bits per heavy atom. The predicted octanol–water partition coefficient (Wildman–Crippen LogP) is 10.7. The van der Waals surface area contributed by atoms with Crippen LogP contribution < -0.4 is 29.3 Å². The predicted molar refractivity (Wildman–Crippen MR) is 279 cm³/mol. The maximum atomic E-state index is 10.8. The largest absolute Gasteiger partial charge is 0.489 e. The Bertz CT molecular complexity index is 2140. The van der Waals surface area contributed by atoms with Gasteiger partial charge in [-0.3, -0.25) is 0 Å². The van der Waals surface area contributed by atoms with E-state index in [4.69, 9.17) is 29.2 Å². The number of para-hydroxylation sites is 4. The van der Waals surface area contributed by atoms with Crippen LogP contribution in [0.4, 0.5) is 34.1 Å². The average Bonchev–Trinajstić information content (AvgIpc) is 3.38. The molecule has 0 heterocycles. The molecule has 0 aliphatic carbocycles. The van der Waals surface area contributed by atoms with Crippen molar-refractivity contribution in [2.24, 2.45) is 10.2 Å². The molecule has 358 valence electrons. The molecule has 12 nitrogen and oxygen atoms in total. The first-order valence-corrected chi connectivity index (χ1v) is 23.8. The van der Waals surface area contributed by atoms with E-state index >= 15 is 0 Å². The zero-order valence-electron chi connectivity index (χ0n) is 40.0. The van der Waals surface area contributed by atoms with Gasteiger partial charge in [0.1, 0.15) is 36.9 Å². The SMILES string of the molecule is CCN(CC)c1ccc(/C=N/N(c2ccccc2)c2ccccc2)cc1OCC(O)COCCCCOCC(O)COc1cc(/C=N/N(c2ccccc2)c2ccccc2)ccc1N(CC)CC. The second kappa shape index (κ2) is 27.8. The summed E-state index contributed by atoms with van der Waals surface area (Å²) < 4.78 is 24.1. The van der Waals surface area contributed by atoms with Crippen LogP contribution in [0.1, 0.15) is 51.7 Å². The maximum absolute atomic E-state index is 10.8. The summed E-state index contributed by atoms with van der Waals surface area (Å²) in [6.45, 7) is 13.0. The maximum Gasteiger partial charge on any atom is 0.143 e. The normalized spacial score (nSPS) is 12.3. The second-order valence-electron chi connectivity index (χ2n) is 16.0. The van der Waals surface area contributed by atoms with Crippen LogP contribution in [0.5, 0.6) is 11.5 Å². The third-order valence-electron chi connectivity index (χ3n) is 11.1. The van der Waals surface area contributed by atoms with Crippen molar-refractivity contribution in [2.75, 3.05) is 85.6 Å². The number of aliphatic hydroxyl groups excluding tert-OH is 2. The Labute approximate surface area is 403 Å². The number of hydrogen-bond acceptors (Lipinski definition) is 12. The van der Waals surface area contributed by atoms with Gasteiger partial charge in [-0.15, -0.1) is 0 Å². The number of unbranched alkanes of at least 4 members (excludes halogenated alkanes) is 1. The zero-order chi connectivity index (χ0) is 47.8. The molecule has 6 aromatic carbocycles. The number of ether oxygens (including phenoxy) is 4. The number of benzene rings is 6. The van der Waals surface area contributed by atoms with Crippen LogP contribution in [-0.4, -0.2) is 101 Å². The molecule has 0 bridgehead atoms. The van der Waals surface area contributed by atoms with Crippen LogP contribution in [0, 0.1) is 0 Å². The van der Waals surface area contributed by atoms with Gasteiger partial charge in [-0.1, -0.05) is 84.9 Å². The number of nitrogens with zero attached hydrogens (tertiary/aromatic N) is 6. The number of hydrazone groups is 2. The molecule has 6 rings (SSSR count). The van der Waals surface area contributed by atoms with Gasteiger partial charge < -0.3 is 39.0 Å². The van der Waals surface area contributed by atoms with Gasteiger partial charge in [-0.2, -0.15) is 10.2 Å². The average molecular weight is 921 g/mol. The van der Waals surface area contributed by atoms with Gasteiger partial charge in [0.25, 0.3) is 0 Å². The highest BCUT2D eigenvalue weighted by Gasteiger charge is 2.16. The summed E-state index contributed by atoms with van der Waals surface area (Å²) in [6.07, 6.45) is 3.50. The first-order chi connectivity index (χ1) is 33.4. The number of aliphatic hydroxyl groups is 2. The molecular weight excluding hydrogens is 853 g/mol. The highest BCUT2D eigenvalue weighted by molar-refractivity contribution is 5.85. The molecule has 0 aliphatic rings. The van der Waals surface area contributed by atoms with E-state index in [1.165, 1.54) is 0 Å². The Hall–Kier alpha value is -6.70. The summed E-state index contributed by atoms with van der Waals surface area (Å²) in [6, 6.07) is 52.2. The van der Waals surface area contributed by atoms with Crippen molar-refractivity contribution in [2.45, 2.75) is 52.7 Å². The molecule has 12 heteroatoms. The summed E-state index contributed by atoms with van der Waals surface area (Å²) in [5, 5.41) is 35.2. The van der Waals surface area contributed by atoms with Crippen molar-refractivity contribution in [3.63, 3.8) is 0 Å². The summed E-state index contributed by atoms with van der Waals surface area (Å²) in [5.74, 6) is 1.34. The molecular formula is C56H68N6O6. The number of anilines is 6. The van der Waals surface area contributed by atoms with Crippen molar-refractivity contribution in [3.05, 3.63) is 169 Å². The van der Waals surface area contributed by atoms with Gasteiger partial charge in [0.05, 0.1) is 59.8 Å². The van der Waals surface area contributed by atoms with E-state index in [0.29, 0.717) is 24.7 Å². The Morgan fingerprint density at radius 2 is 0.765 bits per heavy atom. The topological polar surface area (TPSA) is 115 Å². The molecule has 2 N–H and O–H groups in total. The third-order valence-corrected chi connectivity index (χ3v) is 11.1. The fourth-order valence-electron chi connectivity index (χ4n) is 7.51. The molecule has 0 fully saturated rings. The first-order valence-electron chi connectivity index (χ1n) is 23.8. The lowest BCUT2D eigenvalue weighted by Gasteiger charge is -2.25. The lowest BCUT2D eigenvalue weighted by molar-refractivity contribution is 0.000341. The van der Waals surface area contributed by atoms with E-state index in [-0.39, 0.29) is 26.4 Å².